The molecular formula is C14H22N2O3S. The van der Waals surface area contributed by atoms with Gasteiger partial charge in [-0.15, -0.1) is 11.3 Å². The Balaban J connectivity index is 3.04. The number of amides is 1. The van der Waals surface area contributed by atoms with E-state index in [4.69, 9.17) is 10.5 Å². The number of hydrogen-bond acceptors (Lipinski definition) is 5. The molecule has 1 amide bonds. The molecule has 2 unspecified atom stereocenters. The highest BCUT2D eigenvalue weighted by atomic mass is 32.1. The van der Waals surface area contributed by atoms with Gasteiger partial charge >= 0.3 is 5.97 Å². The first-order valence-electron chi connectivity index (χ1n) is 6.63. The number of anilines is 1. The van der Waals surface area contributed by atoms with E-state index in [2.05, 4.69) is 5.32 Å². The molecule has 0 aromatic carbocycles. The van der Waals surface area contributed by atoms with Gasteiger partial charge in [0, 0.05) is 10.9 Å². The predicted octanol–water partition coefficient (Wildman–Crippen LogP) is 2.46. The summed E-state index contributed by atoms with van der Waals surface area (Å²) in [6.07, 6.45) is 0. The van der Waals surface area contributed by atoms with Crippen LogP contribution in [0.2, 0.25) is 0 Å². The molecule has 6 heteroatoms. The van der Waals surface area contributed by atoms with E-state index in [-0.39, 0.29) is 17.9 Å². The molecular weight excluding hydrogens is 276 g/mol. The number of rotatable bonds is 5. The Morgan fingerprint density at radius 1 is 1.35 bits per heavy atom. The fourth-order valence-electron chi connectivity index (χ4n) is 1.63. The first-order valence-corrected chi connectivity index (χ1v) is 7.44. The van der Waals surface area contributed by atoms with Gasteiger partial charge in [-0.2, -0.15) is 0 Å². The number of carbonyl (C=O) groups is 2. The molecule has 0 saturated carbocycles. The summed E-state index contributed by atoms with van der Waals surface area (Å²) >= 11 is 1.38. The molecule has 3 N–H and O–H groups in total. The monoisotopic (exact) mass is 298 g/mol. The summed E-state index contributed by atoms with van der Waals surface area (Å²) in [5.74, 6) is -0.919. The standard InChI is InChI=1S/C14H22N2O3S/c1-6-19-14(18)11-8(3)10(5)20-13(11)16-12(17)7(2)9(4)15/h7,9H,6,15H2,1-5H3,(H,16,17). The summed E-state index contributed by atoms with van der Waals surface area (Å²) in [5.41, 5.74) is 7.01. The van der Waals surface area contributed by atoms with E-state index in [9.17, 15) is 9.59 Å². The summed E-state index contributed by atoms with van der Waals surface area (Å²) in [6, 6.07) is -0.247. The van der Waals surface area contributed by atoms with Gasteiger partial charge in [-0.3, -0.25) is 4.79 Å². The van der Waals surface area contributed by atoms with Crippen LogP contribution in [-0.2, 0) is 9.53 Å². The Hall–Kier alpha value is -1.40. The molecule has 20 heavy (non-hydrogen) atoms. The van der Waals surface area contributed by atoms with Crippen LogP contribution in [0.4, 0.5) is 5.00 Å². The number of aryl methyl sites for hydroxylation is 1. The Kier molecular flexibility index (Phi) is 5.71. The average molecular weight is 298 g/mol. The number of hydrogen-bond donors (Lipinski definition) is 2. The zero-order valence-corrected chi connectivity index (χ0v) is 13.4. The van der Waals surface area contributed by atoms with E-state index >= 15 is 0 Å². The van der Waals surface area contributed by atoms with Gasteiger partial charge in [0.25, 0.3) is 0 Å². The van der Waals surface area contributed by atoms with Crippen LogP contribution in [-0.4, -0.2) is 24.5 Å². The van der Waals surface area contributed by atoms with Crippen molar-refractivity contribution in [1.29, 1.82) is 0 Å². The van der Waals surface area contributed by atoms with Crippen LogP contribution in [0.1, 0.15) is 41.6 Å². The van der Waals surface area contributed by atoms with Gasteiger partial charge in [-0.25, -0.2) is 4.79 Å². The number of carbonyl (C=O) groups excluding carboxylic acids is 2. The first-order chi connectivity index (χ1) is 9.29. The van der Waals surface area contributed by atoms with Gasteiger partial charge in [-0.05, 0) is 33.3 Å². The number of ether oxygens (including phenoxy) is 1. The van der Waals surface area contributed by atoms with E-state index < -0.39 is 5.97 Å². The normalized spacial score (nSPS) is 13.7. The third-order valence-electron chi connectivity index (χ3n) is 3.30. The lowest BCUT2D eigenvalue weighted by Crippen LogP contribution is -2.34. The molecule has 1 aromatic rings. The lowest BCUT2D eigenvalue weighted by Gasteiger charge is -2.15. The third kappa shape index (κ3) is 3.58. The highest BCUT2D eigenvalue weighted by Crippen LogP contribution is 2.33. The molecule has 0 radical (unpaired) electrons. The summed E-state index contributed by atoms with van der Waals surface area (Å²) in [6.45, 7) is 9.36. The minimum atomic E-state index is -0.405. The molecule has 1 aromatic heterocycles. The average Bonchev–Trinajstić information content (AvgIpc) is 2.64. The Morgan fingerprint density at radius 2 is 1.95 bits per heavy atom. The van der Waals surface area contributed by atoms with Crippen LogP contribution in [0.15, 0.2) is 0 Å². The van der Waals surface area contributed by atoms with E-state index in [1.807, 2.05) is 13.8 Å². The minimum absolute atomic E-state index is 0.188. The second-order valence-electron chi connectivity index (χ2n) is 4.84. The number of esters is 1. The molecule has 0 aliphatic heterocycles. The van der Waals surface area contributed by atoms with Crippen LogP contribution in [0.5, 0.6) is 0 Å². The second kappa shape index (κ2) is 6.85. The zero-order valence-electron chi connectivity index (χ0n) is 12.6. The van der Waals surface area contributed by atoms with E-state index in [1.165, 1.54) is 11.3 Å². The molecule has 1 rings (SSSR count). The molecule has 0 aliphatic rings. The number of thiophene rings is 1. The summed E-state index contributed by atoms with van der Waals surface area (Å²) in [5, 5.41) is 3.33. The fourth-order valence-corrected chi connectivity index (χ4v) is 2.68. The largest absolute Gasteiger partial charge is 0.462 e. The van der Waals surface area contributed by atoms with Crippen molar-refractivity contribution in [3.05, 3.63) is 16.0 Å². The predicted molar refractivity (Wildman–Crippen MR) is 81.2 cm³/mol. The van der Waals surface area contributed by atoms with Gasteiger partial charge in [0.1, 0.15) is 5.00 Å². The van der Waals surface area contributed by atoms with Crippen LogP contribution >= 0.6 is 11.3 Å². The van der Waals surface area contributed by atoms with Crippen molar-refractivity contribution in [3.8, 4) is 0 Å². The molecule has 0 fully saturated rings. The van der Waals surface area contributed by atoms with Crippen molar-refractivity contribution < 1.29 is 14.3 Å². The first kappa shape index (κ1) is 16.7. The Bertz CT molecular complexity index is 509. The molecule has 2 atom stereocenters. The van der Waals surface area contributed by atoms with Gasteiger partial charge in [0.2, 0.25) is 5.91 Å². The highest BCUT2D eigenvalue weighted by molar-refractivity contribution is 7.16. The molecule has 0 spiro atoms. The van der Waals surface area contributed by atoms with Gasteiger partial charge in [-0.1, -0.05) is 6.92 Å². The number of nitrogens with two attached hydrogens (primary N) is 1. The molecule has 112 valence electrons. The van der Waals surface area contributed by atoms with Gasteiger partial charge in [0.15, 0.2) is 0 Å². The molecule has 0 saturated heterocycles. The van der Waals surface area contributed by atoms with Crippen molar-refractivity contribution in [3.63, 3.8) is 0 Å². The lowest BCUT2D eigenvalue weighted by molar-refractivity contribution is -0.119. The Morgan fingerprint density at radius 3 is 2.45 bits per heavy atom. The number of nitrogens with one attached hydrogen (secondary N) is 1. The highest BCUT2D eigenvalue weighted by Gasteiger charge is 2.24. The van der Waals surface area contributed by atoms with E-state index in [1.54, 1.807) is 20.8 Å². The molecule has 0 aliphatic carbocycles. The SMILES string of the molecule is CCOC(=O)c1c(NC(=O)C(C)C(C)N)sc(C)c1C. The van der Waals surface area contributed by atoms with Gasteiger partial charge < -0.3 is 15.8 Å². The maximum atomic E-state index is 12.1. The van der Waals surface area contributed by atoms with Crippen molar-refractivity contribution in [2.75, 3.05) is 11.9 Å². The lowest BCUT2D eigenvalue weighted by atomic mass is 10.0. The van der Waals surface area contributed by atoms with Crippen LogP contribution in [0.25, 0.3) is 0 Å². The van der Waals surface area contributed by atoms with Crippen molar-refractivity contribution in [2.24, 2.45) is 11.7 Å². The minimum Gasteiger partial charge on any atom is -0.462 e. The zero-order chi connectivity index (χ0) is 15.4. The van der Waals surface area contributed by atoms with Crippen molar-refractivity contribution in [1.82, 2.24) is 0 Å². The van der Waals surface area contributed by atoms with Gasteiger partial charge in [0.05, 0.1) is 18.1 Å². The van der Waals surface area contributed by atoms with Crippen LogP contribution in [0, 0.1) is 19.8 Å². The Labute approximate surface area is 123 Å². The summed E-state index contributed by atoms with van der Waals surface area (Å²) < 4.78 is 5.04. The third-order valence-corrected chi connectivity index (χ3v) is 4.43. The second-order valence-corrected chi connectivity index (χ2v) is 6.07. The maximum absolute atomic E-state index is 12.1. The summed E-state index contributed by atoms with van der Waals surface area (Å²) in [7, 11) is 0. The van der Waals surface area contributed by atoms with Crippen LogP contribution < -0.4 is 11.1 Å². The van der Waals surface area contributed by atoms with E-state index in [0.29, 0.717) is 17.2 Å². The molecule has 5 nitrogen and oxygen atoms in total. The molecule has 0 bridgehead atoms. The van der Waals surface area contributed by atoms with Crippen molar-refractivity contribution >= 4 is 28.2 Å². The fraction of sp³-hybridized carbons (Fsp3) is 0.571. The van der Waals surface area contributed by atoms with Crippen molar-refractivity contribution in [2.45, 2.75) is 40.7 Å². The maximum Gasteiger partial charge on any atom is 0.341 e. The quantitative estimate of drug-likeness (QED) is 0.818. The smallest absolute Gasteiger partial charge is 0.341 e. The van der Waals surface area contributed by atoms with E-state index in [0.717, 1.165) is 10.4 Å². The summed E-state index contributed by atoms with van der Waals surface area (Å²) in [4.78, 5) is 25.0. The van der Waals surface area contributed by atoms with Crippen LogP contribution in [0.3, 0.4) is 0 Å². The topological polar surface area (TPSA) is 81.4 Å². The molecule has 1 heterocycles.